The summed E-state index contributed by atoms with van der Waals surface area (Å²) >= 11 is 0. The van der Waals surface area contributed by atoms with Gasteiger partial charge in [0.2, 0.25) is 0 Å². The van der Waals surface area contributed by atoms with Crippen LogP contribution in [0.2, 0.25) is 0 Å². The number of nitrogens with one attached hydrogen (secondary N) is 1. The van der Waals surface area contributed by atoms with E-state index in [1.54, 1.807) is 50.5 Å². The molecule has 2 aromatic carbocycles. The summed E-state index contributed by atoms with van der Waals surface area (Å²) in [4.78, 5) is 40.3. The molecule has 3 rings (SSSR count). The van der Waals surface area contributed by atoms with E-state index < -0.39 is 0 Å². The van der Waals surface area contributed by atoms with Gasteiger partial charge >= 0.3 is 0 Å². The quantitative estimate of drug-likeness (QED) is 0.695. The maximum Gasteiger partial charge on any atom is 0.259 e. The van der Waals surface area contributed by atoms with Crippen molar-refractivity contribution in [1.29, 1.82) is 0 Å². The molecule has 1 aliphatic heterocycles. The number of hydrogen-bond donors (Lipinski definition) is 1. The van der Waals surface area contributed by atoms with Crippen molar-refractivity contribution < 1.29 is 23.9 Å². The Morgan fingerprint density at radius 1 is 1.03 bits per heavy atom. The van der Waals surface area contributed by atoms with Gasteiger partial charge in [0, 0.05) is 44.9 Å². The van der Waals surface area contributed by atoms with Crippen LogP contribution in [0.15, 0.2) is 48.5 Å². The summed E-state index contributed by atoms with van der Waals surface area (Å²) in [5.41, 5.74) is 1.93. The van der Waals surface area contributed by atoms with E-state index in [9.17, 15) is 14.4 Å². The molecule has 0 bridgehead atoms. The van der Waals surface area contributed by atoms with Gasteiger partial charge in [-0.05, 0) is 49.7 Å². The van der Waals surface area contributed by atoms with Crippen LogP contribution >= 0.6 is 0 Å². The van der Waals surface area contributed by atoms with Crippen LogP contribution in [-0.4, -0.2) is 73.5 Å². The zero-order valence-corrected chi connectivity index (χ0v) is 19.5. The largest absolute Gasteiger partial charge is 0.484 e. The van der Waals surface area contributed by atoms with Crippen molar-refractivity contribution in [1.82, 2.24) is 15.1 Å². The number of hydrogen-bond acceptors (Lipinski definition) is 5. The van der Waals surface area contributed by atoms with E-state index in [1.165, 1.54) is 4.90 Å². The van der Waals surface area contributed by atoms with E-state index in [0.717, 1.165) is 5.56 Å². The van der Waals surface area contributed by atoms with Crippen molar-refractivity contribution in [2.75, 3.05) is 33.8 Å². The summed E-state index contributed by atoms with van der Waals surface area (Å²) < 4.78 is 11.2. The van der Waals surface area contributed by atoms with Crippen LogP contribution in [0, 0.1) is 0 Å². The molecule has 8 heteroatoms. The van der Waals surface area contributed by atoms with E-state index in [-0.39, 0.29) is 36.5 Å². The van der Waals surface area contributed by atoms with Crippen LogP contribution in [0.5, 0.6) is 5.75 Å². The Hall–Kier alpha value is -3.39. The number of morpholine rings is 1. The minimum atomic E-state index is -0.254. The third-order valence-electron chi connectivity index (χ3n) is 5.32. The zero-order chi connectivity index (χ0) is 24.0. The summed E-state index contributed by atoms with van der Waals surface area (Å²) in [6, 6.07) is 13.9. The molecule has 176 valence electrons. The van der Waals surface area contributed by atoms with E-state index >= 15 is 0 Å². The average Bonchev–Trinajstić information content (AvgIpc) is 2.80. The fourth-order valence-corrected chi connectivity index (χ4v) is 3.58. The highest BCUT2D eigenvalue weighted by Gasteiger charge is 2.26. The predicted molar refractivity (Wildman–Crippen MR) is 124 cm³/mol. The second-order valence-corrected chi connectivity index (χ2v) is 8.45. The number of likely N-dealkylation sites (N-methyl/N-ethyl adjacent to an activating group) is 1. The Morgan fingerprint density at radius 3 is 2.33 bits per heavy atom. The van der Waals surface area contributed by atoms with E-state index in [4.69, 9.17) is 9.47 Å². The van der Waals surface area contributed by atoms with Gasteiger partial charge in [-0.3, -0.25) is 14.4 Å². The molecule has 0 radical (unpaired) electrons. The Bertz CT molecular complexity index is 980. The van der Waals surface area contributed by atoms with Crippen molar-refractivity contribution in [3.8, 4) is 5.75 Å². The highest BCUT2D eigenvalue weighted by Crippen LogP contribution is 2.16. The van der Waals surface area contributed by atoms with Gasteiger partial charge in [-0.25, -0.2) is 0 Å². The van der Waals surface area contributed by atoms with E-state index in [1.807, 2.05) is 30.9 Å². The summed E-state index contributed by atoms with van der Waals surface area (Å²) in [5, 5.41) is 2.87. The number of rotatable bonds is 7. The fraction of sp³-hybridized carbons (Fsp3) is 0.400. The molecule has 0 spiro atoms. The van der Waals surface area contributed by atoms with Gasteiger partial charge in [-0.1, -0.05) is 18.2 Å². The normalized spacial score (nSPS) is 17.9. The number of benzene rings is 2. The zero-order valence-electron chi connectivity index (χ0n) is 19.5. The van der Waals surface area contributed by atoms with Crippen LogP contribution in [-0.2, 0) is 16.1 Å². The third kappa shape index (κ3) is 6.79. The molecule has 2 unspecified atom stereocenters. The fourth-order valence-electron chi connectivity index (χ4n) is 3.58. The lowest BCUT2D eigenvalue weighted by atomic mass is 10.1. The standard InChI is InChI=1S/C25H31N3O5/c1-17-14-28(15-18(2)33-17)25(31)20-10-8-19(9-11-20)13-26-24(30)21-6-5-7-22(12-21)32-16-23(29)27(3)4/h5-12,17-18H,13-16H2,1-4H3,(H,26,30). The van der Waals surface area contributed by atoms with Gasteiger partial charge in [0.1, 0.15) is 5.75 Å². The lowest BCUT2D eigenvalue weighted by molar-refractivity contribution is -0.130. The van der Waals surface area contributed by atoms with Crippen LogP contribution < -0.4 is 10.1 Å². The van der Waals surface area contributed by atoms with Gasteiger partial charge in [0.15, 0.2) is 6.61 Å². The highest BCUT2D eigenvalue weighted by molar-refractivity contribution is 5.95. The molecule has 1 fully saturated rings. The van der Waals surface area contributed by atoms with Crippen LogP contribution in [0.4, 0.5) is 0 Å². The van der Waals surface area contributed by atoms with Crippen LogP contribution in [0.25, 0.3) is 0 Å². The topological polar surface area (TPSA) is 88.2 Å². The van der Waals surface area contributed by atoms with Crippen LogP contribution in [0.1, 0.15) is 40.1 Å². The van der Waals surface area contributed by atoms with Crippen LogP contribution in [0.3, 0.4) is 0 Å². The number of nitrogens with zero attached hydrogens (tertiary/aromatic N) is 2. The van der Waals surface area contributed by atoms with Gasteiger partial charge in [-0.2, -0.15) is 0 Å². The molecule has 0 aliphatic carbocycles. The Morgan fingerprint density at radius 2 is 1.70 bits per heavy atom. The molecule has 3 amide bonds. The molecule has 2 aromatic rings. The van der Waals surface area contributed by atoms with Crippen molar-refractivity contribution in [2.24, 2.45) is 0 Å². The predicted octanol–water partition coefficient (Wildman–Crippen LogP) is 2.33. The molecule has 1 saturated heterocycles. The summed E-state index contributed by atoms with van der Waals surface area (Å²) in [7, 11) is 3.31. The second kappa shape index (κ2) is 11.0. The first-order chi connectivity index (χ1) is 15.7. The Balaban J connectivity index is 1.54. The molecule has 0 saturated carbocycles. The first-order valence-corrected chi connectivity index (χ1v) is 11.0. The average molecular weight is 454 g/mol. The van der Waals surface area contributed by atoms with Crippen molar-refractivity contribution in [3.63, 3.8) is 0 Å². The number of ether oxygens (including phenoxy) is 2. The van der Waals surface area contributed by atoms with Crippen molar-refractivity contribution >= 4 is 17.7 Å². The van der Waals surface area contributed by atoms with Gasteiger partial charge in [-0.15, -0.1) is 0 Å². The Labute approximate surface area is 194 Å². The van der Waals surface area contributed by atoms with Crippen molar-refractivity contribution in [3.05, 3.63) is 65.2 Å². The van der Waals surface area contributed by atoms with Gasteiger partial charge in [0.25, 0.3) is 17.7 Å². The SMILES string of the molecule is CC1CN(C(=O)c2ccc(CNC(=O)c3cccc(OCC(=O)N(C)C)c3)cc2)CC(C)O1. The number of carbonyl (C=O) groups excluding carboxylic acids is 3. The van der Waals surface area contributed by atoms with E-state index in [0.29, 0.717) is 36.5 Å². The lowest BCUT2D eigenvalue weighted by Crippen LogP contribution is -2.48. The van der Waals surface area contributed by atoms with Gasteiger partial charge < -0.3 is 24.6 Å². The molecular formula is C25H31N3O5. The monoisotopic (exact) mass is 453 g/mol. The lowest BCUT2D eigenvalue weighted by Gasteiger charge is -2.35. The maximum atomic E-state index is 12.8. The van der Waals surface area contributed by atoms with Gasteiger partial charge in [0.05, 0.1) is 12.2 Å². The molecule has 8 nitrogen and oxygen atoms in total. The molecule has 1 N–H and O–H groups in total. The molecule has 2 atom stereocenters. The number of amides is 3. The third-order valence-corrected chi connectivity index (χ3v) is 5.32. The minimum Gasteiger partial charge on any atom is -0.484 e. The summed E-state index contributed by atoms with van der Waals surface area (Å²) in [5.74, 6) is 0.0184. The Kier molecular flexibility index (Phi) is 8.06. The second-order valence-electron chi connectivity index (χ2n) is 8.45. The first-order valence-electron chi connectivity index (χ1n) is 11.0. The smallest absolute Gasteiger partial charge is 0.259 e. The number of carbonyl (C=O) groups is 3. The maximum absolute atomic E-state index is 12.8. The highest BCUT2D eigenvalue weighted by atomic mass is 16.5. The van der Waals surface area contributed by atoms with E-state index in [2.05, 4.69) is 5.32 Å². The molecule has 1 heterocycles. The summed E-state index contributed by atoms with van der Waals surface area (Å²) in [6.45, 7) is 5.31. The summed E-state index contributed by atoms with van der Waals surface area (Å²) in [6.07, 6.45) is 0.0362. The minimum absolute atomic E-state index is 0.0165. The molecule has 0 aromatic heterocycles. The molecule has 1 aliphatic rings. The van der Waals surface area contributed by atoms with Crippen molar-refractivity contribution in [2.45, 2.75) is 32.6 Å². The molecular weight excluding hydrogens is 422 g/mol. The molecule has 33 heavy (non-hydrogen) atoms. The first kappa shape index (κ1) is 24.3.